The molecule has 10 heteroatoms. The van der Waals surface area contributed by atoms with Gasteiger partial charge in [-0.05, 0) is 39.0 Å². The first-order valence-corrected chi connectivity index (χ1v) is 8.68. The number of benzene rings is 1. The summed E-state index contributed by atoms with van der Waals surface area (Å²) in [7, 11) is 0. The second kappa shape index (κ2) is 7.45. The monoisotopic (exact) mass is 437 g/mol. The van der Waals surface area contributed by atoms with Gasteiger partial charge in [0.1, 0.15) is 10.6 Å². The van der Waals surface area contributed by atoms with E-state index < -0.39 is 52.0 Å². The number of alkyl halides is 4. The zero-order valence-corrected chi connectivity index (χ0v) is 15.5. The normalized spacial score (nSPS) is 18.1. The maximum atomic E-state index is 14.3. The minimum Gasteiger partial charge on any atom is -0.598 e. The van der Waals surface area contributed by atoms with Gasteiger partial charge in [-0.25, -0.2) is 8.78 Å². The minimum atomic E-state index is -5.38. The molecule has 24 heavy (non-hydrogen) atoms. The zero-order valence-electron chi connectivity index (χ0n) is 13.0. The molecule has 1 aromatic carbocycles. The molecule has 1 aromatic rings. The number of aliphatic hydroxyl groups is 1. The molecule has 0 bridgehead atoms. The van der Waals surface area contributed by atoms with Crippen molar-refractivity contribution in [3.05, 3.63) is 34.1 Å². The van der Waals surface area contributed by atoms with Crippen molar-refractivity contribution in [1.82, 2.24) is 4.72 Å². The highest BCUT2D eigenvalue weighted by atomic mass is 79.9. The Bertz CT molecular complexity index is 581. The Morgan fingerprint density at radius 2 is 1.83 bits per heavy atom. The van der Waals surface area contributed by atoms with Crippen LogP contribution < -0.4 is 4.72 Å². The topological polar surface area (TPSA) is 55.3 Å². The van der Waals surface area contributed by atoms with Crippen LogP contribution >= 0.6 is 15.9 Å². The SMILES string of the molecule is CC(C)(C)[S@@+]([O-])N[C@](c1cc(Br)ccc1F)([C@H](F)CO)C(F)(F)F. The van der Waals surface area contributed by atoms with Gasteiger partial charge in [-0.2, -0.15) is 13.2 Å². The maximum Gasteiger partial charge on any atom is 0.418 e. The summed E-state index contributed by atoms with van der Waals surface area (Å²) in [6.45, 7) is 2.59. The smallest absolute Gasteiger partial charge is 0.418 e. The first-order chi connectivity index (χ1) is 10.8. The van der Waals surface area contributed by atoms with E-state index in [0.717, 1.165) is 18.2 Å². The molecule has 138 valence electrons. The van der Waals surface area contributed by atoms with Gasteiger partial charge in [0.15, 0.2) is 6.17 Å². The summed E-state index contributed by atoms with van der Waals surface area (Å²) in [5.41, 5.74) is -4.77. The van der Waals surface area contributed by atoms with E-state index in [4.69, 9.17) is 5.11 Å². The minimum absolute atomic E-state index is 0.0704. The van der Waals surface area contributed by atoms with Gasteiger partial charge < -0.3 is 9.66 Å². The molecule has 0 amide bonds. The van der Waals surface area contributed by atoms with Crippen molar-refractivity contribution in [3.63, 3.8) is 0 Å². The van der Waals surface area contributed by atoms with Crippen molar-refractivity contribution >= 4 is 27.3 Å². The lowest BCUT2D eigenvalue weighted by molar-refractivity contribution is -0.217. The average Bonchev–Trinajstić information content (AvgIpc) is 2.44. The molecule has 0 saturated carbocycles. The number of aliphatic hydroxyl groups excluding tert-OH is 1. The molecule has 0 aromatic heterocycles. The van der Waals surface area contributed by atoms with Crippen molar-refractivity contribution in [1.29, 1.82) is 0 Å². The molecule has 0 aliphatic carbocycles. The number of rotatable bonds is 5. The predicted octanol–water partition coefficient (Wildman–Crippen LogP) is 3.73. The van der Waals surface area contributed by atoms with Crippen LogP contribution in [-0.4, -0.2) is 33.4 Å². The molecule has 0 aliphatic rings. The molecule has 3 nitrogen and oxygen atoms in total. The molecule has 0 saturated heterocycles. The van der Waals surface area contributed by atoms with Crippen molar-refractivity contribution in [3.8, 4) is 0 Å². The molecule has 0 radical (unpaired) electrons. The van der Waals surface area contributed by atoms with Crippen LogP contribution in [0.1, 0.15) is 26.3 Å². The summed E-state index contributed by atoms with van der Waals surface area (Å²) >= 11 is 0.516. The summed E-state index contributed by atoms with van der Waals surface area (Å²) < 4.78 is 82.8. The van der Waals surface area contributed by atoms with Gasteiger partial charge in [0.05, 0.1) is 6.61 Å². The van der Waals surface area contributed by atoms with Crippen LogP contribution in [0, 0.1) is 5.82 Å². The van der Waals surface area contributed by atoms with E-state index in [1.54, 1.807) is 4.72 Å². The third-order valence-electron chi connectivity index (χ3n) is 3.24. The van der Waals surface area contributed by atoms with Gasteiger partial charge in [0.25, 0.3) is 0 Å². The van der Waals surface area contributed by atoms with Gasteiger partial charge in [-0.15, -0.1) is 4.72 Å². The van der Waals surface area contributed by atoms with Gasteiger partial charge in [0.2, 0.25) is 5.54 Å². The van der Waals surface area contributed by atoms with Gasteiger partial charge in [-0.1, -0.05) is 15.9 Å². The Hall–Kier alpha value is -0.420. The lowest BCUT2D eigenvalue weighted by Gasteiger charge is -2.40. The highest BCUT2D eigenvalue weighted by Gasteiger charge is 2.66. The lowest BCUT2D eigenvalue weighted by Crippen LogP contribution is -2.65. The van der Waals surface area contributed by atoms with Crippen molar-refractivity contribution in [2.45, 2.75) is 43.4 Å². The second-order valence-corrected chi connectivity index (χ2v) is 8.95. The average molecular weight is 438 g/mol. The molecule has 0 heterocycles. The fourth-order valence-electron chi connectivity index (χ4n) is 1.91. The third-order valence-corrected chi connectivity index (χ3v) is 5.35. The van der Waals surface area contributed by atoms with Gasteiger partial charge in [0, 0.05) is 21.4 Å². The van der Waals surface area contributed by atoms with Crippen LogP contribution in [0.25, 0.3) is 0 Å². The number of halogens is 6. The van der Waals surface area contributed by atoms with Crippen LogP contribution in [-0.2, 0) is 16.9 Å². The van der Waals surface area contributed by atoms with E-state index >= 15 is 0 Å². The number of hydrogen-bond acceptors (Lipinski definition) is 3. The van der Waals surface area contributed by atoms with E-state index in [9.17, 15) is 26.5 Å². The first-order valence-electron chi connectivity index (χ1n) is 6.74. The predicted molar refractivity (Wildman–Crippen MR) is 84.8 cm³/mol. The molecule has 0 aliphatic heterocycles. The molecular weight excluding hydrogens is 421 g/mol. The van der Waals surface area contributed by atoms with Crippen LogP contribution in [0.3, 0.4) is 0 Å². The quantitative estimate of drug-likeness (QED) is 0.545. The summed E-state index contributed by atoms with van der Waals surface area (Å²) in [6, 6.07) is 2.62. The number of nitrogens with one attached hydrogen (secondary N) is 1. The van der Waals surface area contributed by atoms with E-state index in [0.29, 0.717) is 0 Å². The molecule has 0 spiro atoms. The highest BCUT2D eigenvalue weighted by Crippen LogP contribution is 2.45. The highest BCUT2D eigenvalue weighted by molar-refractivity contribution is 9.10. The Labute approximate surface area is 148 Å². The van der Waals surface area contributed by atoms with Gasteiger partial charge >= 0.3 is 6.18 Å². The largest absolute Gasteiger partial charge is 0.598 e. The standard InChI is InChI=1S/C14H17BrF5NO2S/c1-12(2,3)24(23)21-13(11(17)7-22,14(18,19)20)9-6-8(15)4-5-10(9)16/h4-6,11,21-22H,7H2,1-3H3/t11-,13-,24-/m1/s1. The van der Waals surface area contributed by atoms with E-state index in [1.807, 2.05) is 0 Å². The van der Waals surface area contributed by atoms with Crippen LogP contribution in [0.2, 0.25) is 0 Å². The lowest BCUT2D eigenvalue weighted by atomic mass is 9.85. The van der Waals surface area contributed by atoms with E-state index in [2.05, 4.69) is 15.9 Å². The Morgan fingerprint density at radius 1 is 1.29 bits per heavy atom. The summed E-state index contributed by atoms with van der Waals surface area (Å²) in [5.74, 6) is -1.34. The van der Waals surface area contributed by atoms with Crippen molar-refractivity contribution in [2.24, 2.45) is 0 Å². The summed E-state index contributed by atoms with van der Waals surface area (Å²) in [4.78, 5) is 0. The Morgan fingerprint density at radius 3 is 2.25 bits per heavy atom. The third kappa shape index (κ3) is 4.21. The first kappa shape index (κ1) is 21.6. The molecule has 1 rings (SSSR count). The zero-order chi connectivity index (χ0) is 18.9. The fraction of sp³-hybridized carbons (Fsp3) is 0.571. The molecule has 0 fully saturated rings. The Kier molecular flexibility index (Phi) is 6.71. The second-order valence-electron chi connectivity index (χ2n) is 6.06. The van der Waals surface area contributed by atoms with E-state index in [1.165, 1.54) is 20.8 Å². The van der Waals surface area contributed by atoms with Crippen molar-refractivity contribution < 1.29 is 31.6 Å². The summed E-state index contributed by atoms with van der Waals surface area (Å²) in [5, 5.41) is 9.02. The van der Waals surface area contributed by atoms with E-state index in [-0.39, 0.29) is 4.47 Å². The van der Waals surface area contributed by atoms with Crippen LogP contribution in [0.4, 0.5) is 22.0 Å². The van der Waals surface area contributed by atoms with Crippen LogP contribution in [0.15, 0.2) is 22.7 Å². The van der Waals surface area contributed by atoms with Crippen molar-refractivity contribution in [2.75, 3.05) is 6.61 Å². The molecule has 3 atom stereocenters. The molecule has 0 unspecified atom stereocenters. The summed E-state index contributed by atoms with van der Waals surface area (Å²) in [6.07, 6.45) is -8.36. The molecule has 2 N–H and O–H groups in total. The van der Waals surface area contributed by atoms with Crippen LogP contribution in [0.5, 0.6) is 0 Å². The van der Waals surface area contributed by atoms with Gasteiger partial charge in [-0.3, -0.25) is 0 Å². The maximum absolute atomic E-state index is 14.3. The molecular formula is C14H17BrF5NO2S. The fourth-order valence-corrected chi connectivity index (χ4v) is 3.22. The number of hydrogen-bond donors (Lipinski definition) is 2. The Balaban J connectivity index is 3.69.